The van der Waals surface area contributed by atoms with Crippen LogP contribution in [0.5, 0.6) is 5.75 Å². The van der Waals surface area contributed by atoms with Crippen molar-refractivity contribution in [1.82, 2.24) is 0 Å². The second-order valence-electron chi connectivity index (χ2n) is 2.12. The Bertz CT molecular complexity index is 165. The van der Waals surface area contributed by atoms with Crippen LogP contribution in [0.2, 0.25) is 0 Å². The van der Waals surface area contributed by atoms with Crippen LogP contribution in [0.15, 0.2) is 18.2 Å². The molecule has 0 aliphatic rings. The lowest BCUT2D eigenvalue weighted by Crippen LogP contribution is -1.83. The Kier molecular flexibility index (Phi) is 2.32. The van der Waals surface area contributed by atoms with E-state index >= 15 is 0 Å². The quantitative estimate of drug-likeness (QED) is 0.603. The number of methoxy groups -OCH3 is 1. The Hall–Kier alpha value is -0.980. The van der Waals surface area contributed by atoms with Gasteiger partial charge in [-0.05, 0) is 24.1 Å². The molecule has 0 N–H and O–H groups in total. The van der Waals surface area contributed by atoms with E-state index in [0.717, 1.165) is 12.2 Å². The van der Waals surface area contributed by atoms with Crippen LogP contribution >= 0.6 is 0 Å². The molecule has 1 nitrogen and oxygen atoms in total. The van der Waals surface area contributed by atoms with Crippen molar-refractivity contribution < 1.29 is 4.74 Å². The van der Waals surface area contributed by atoms with Crippen molar-refractivity contribution in [2.24, 2.45) is 0 Å². The van der Waals surface area contributed by atoms with Crippen LogP contribution in [-0.4, -0.2) is 7.11 Å². The minimum absolute atomic E-state index is 0.803. The van der Waals surface area contributed by atoms with Gasteiger partial charge in [0, 0.05) is 6.07 Å². The van der Waals surface area contributed by atoms with E-state index in [1.807, 2.05) is 12.1 Å². The van der Waals surface area contributed by atoms with Crippen molar-refractivity contribution in [2.45, 2.75) is 13.3 Å². The molecule has 0 aliphatic carbocycles. The van der Waals surface area contributed by atoms with Crippen LogP contribution in [0, 0.1) is 6.07 Å². The SMILES string of the molecule is CCc1c[c]c(OC)cc1. The third-order valence-electron chi connectivity index (χ3n) is 1.48. The lowest BCUT2D eigenvalue weighted by molar-refractivity contribution is 0.413. The average molecular weight is 135 g/mol. The molecule has 0 saturated carbocycles. The largest absolute Gasteiger partial charge is 0.496 e. The Morgan fingerprint density at radius 3 is 2.70 bits per heavy atom. The second-order valence-corrected chi connectivity index (χ2v) is 2.12. The zero-order chi connectivity index (χ0) is 7.40. The fourth-order valence-corrected chi connectivity index (χ4v) is 0.790. The van der Waals surface area contributed by atoms with Gasteiger partial charge in [0.05, 0.1) is 7.11 Å². The van der Waals surface area contributed by atoms with Gasteiger partial charge in [0.25, 0.3) is 0 Å². The zero-order valence-corrected chi connectivity index (χ0v) is 6.35. The molecule has 0 fully saturated rings. The van der Waals surface area contributed by atoms with Crippen molar-refractivity contribution in [3.8, 4) is 5.75 Å². The summed E-state index contributed by atoms with van der Waals surface area (Å²) in [6, 6.07) is 8.95. The summed E-state index contributed by atoms with van der Waals surface area (Å²) in [4.78, 5) is 0. The molecule has 0 unspecified atom stereocenters. The monoisotopic (exact) mass is 135 g/mol. The fourth-order valence-electron chi connectivity index (χ4n) is 0.790. The van der Waals surface area contributed by atoms with Crippen LogP contribution in [0.4, 0.5) is 0 Å². The summed E-state index contributed by atoms with van der Waals surface area (Å²) in [5.74, 6) is 0.803. The van der Waals surface area contributed by atoms with E-state index in [2.05, 4.69) is 19.1 Å². The molecule has 10 heavy (non-hydrogen) atoms. The van der Waals surface area contributed by atoms with E-state index in [1.54, 1.807) is 7.11 Å². The third-order valence-corrected chi connectivity index (χ3v) is 1.48. The summed E-state index contributed by atoms with van der Waals surface area (Å²) < 4.78 is 4.96. The molecule has 0 atom stereocenters. The molecule has 0 aliphatic heterocycles. The highest BCUT2D eigenvalue weighted by Gasteiger charge is 1.89. The van der Waals surface area contributed by atoms with Crippen molar-refractivity contribution >= 4 is 0 Å². The number of hydrogen-bond acceptors (Lipinski definition) is 1. The second kappa shape index (κ2) is 3.25. The third kappa shape index (κ3) is 1.50. The van der Waals surface area contributed by atoms with E-state index in [0.29, 0.717) is 0 Å². The molecule has 0 spiro atoms. The Balaban J connectivity index is 2.80. The van der Waals surface area contributed by atoms with E-state index < -0.39 is 0 Å². The number of aryl methyl sites for hydroxylation is 1. The topological polar surface area (TPSA) is 9.23 Å². The number of ether oxygens (including phenoxy) is 1. The summed E-state index contributed by atoms with van der Waals surface area (Å²) in [5, 5.41) is 0. The van der Waals surface area contributed by atoms with Crippen LogP contribution in [-0.2, 0) is 6.42 Å². The number of benzene rings is 1. The number of hydrogen-bond donors (Lipinski definition) is 0. The first-order valence-electron chi connectivity index (χ1n) is 3.41. The summed E-state index contributed by atoms with van der Waals surface area (Å²) in [7, 11) is 1.65. The van der Waals surface area contributed by atoms with Crippen LogP contribution in [0.3, 0.4) is 0 Å². The zero-order valence-electron chi connectivity index (χ0n) is 6.35. The maximum atomic E-state index is 4.96. The Labute approximate surface area is 61.6 Å². The molecule has 0 saturated heterocycles. The maximum absolute atomic E-state index is 4.96. The molecule has 0 heterocycles. The highest BCUT2D eigenvalue weighted by molar-refractivity contribution is 5.25. The molecule has 0 bridgehead atoms. The minimum atomic E-state index is 0.803. The standard InChI is InChI=1S/C9H11O/c1-3-8-4-6-9(10-2)7-5-8/h4-6H,3H2,1-2H3. The van der Waals surface area contributed by atoms with Gasteiger partial charge in [0.2, 0.25) is 0 Å². The first-order chi connectivity index (χ1) is 4.86. The summed E-state index contributed by atoms with van der Waals surface area (Å²) in [6.45, 7) is 2.12. The molecule has 1 radical (unpaired) electrons. The van der Waals surface area contributed by atoms with Crippen LogP contribution < -0.4 is 4.74 Å². The van der Waals surface area contributed by atoms with E-state index in [4.69, 9.17) is 4.74 Å². The summed E-state index contributed by atoms with van der Waals surface area (Å²) in [6.07, 6.45) is 1.06. The molecule has 53 valence electrons. The summed E-state index contributed by atoms with van der Waals surface area (Å²) >= 11 is 0. The van der Waals surface area contributed by atoms with E-state index in [9.17, 15) is 0 Å². The summed E-state index contributed by atoms with van der Waals surface area (Å²) in [5.41, 5.74) is 1.29. The average Bonchev–Trinajstić information content (AvgIpc) is 2.05. The molecular weight excluding hydrogens is 124 g/mol. The maximum Gasteiger partial charge on any atom is 0.126 e. The molecular formula is C9H11O. The highest BCUT2D eigenvalue weighted by Crippen LogP contribution is 2.09. The first kappa shape index (κ1) is 7.13. The van der Waals surface area contributed by atoms with Crippen molar-refractivity contribution in [1.29, 1.82) is 0 Å². The Morgan fingerprint density at radius 1 is 1.50 bits per heavy atom. The van der Waals surface area contributed by atoms with Crippen molar-refractivity contribution in [3.05, 3.63) is 29.8 Å². The van der Waals surface area contributed by atoms with Crippen LogP contribution in [0.1, 0.15) is 12.5 Å². The van der Waals surface area contributed by atoms with Crippen LogP contribution in [0.25, 0.3) is 0 Å². The van der Waals surface area contributed by atoms with Crippen molar-refractivity contribution in [3.63, 3.8) is 0 Å². The van der Waals surface area contributed by atoms with Gasteiger partial charge < -0.3 is 4.74 Å². The number of rotatable bonds is 2. The van der Waals surface area contributed by atoms with Gasteiger partial charge in [0.1, 0.15) is 5.75 Å². The van der Waals surface area contributed by atoms with Gasteiger partial charge in [-0.2, -0.15) is 0 Å². The predicted octanol–water partition coefficient (Wildman–Crippen LogP) is 2.06. The van der Waals surface area contributed by atoms with Gasteiger partial charge in [0.15, 0.2) is 0 Å². The smallest absolute Gasteiger partial charge is 0.126 e. The molecule has 0 aromatic heterocycles. The minimum Gasteiger partial charge on any atom is -0.496 e. The van der Waals surface area contributed by atoms with Gasteiger partial charge in [-0.25, -0.2) is 0 Å². The van der Waals surface area contributed by atoms with Gasteiger partial charge >= 0.3 is 0 Å². The van der Waals surface area contributed by atoms with Gasteiger partial charge in [-0.3, -0.25) is 0 Å². The normalized spacial score (nSPS) is 9.40. The molecule has 1 heteroatoms. The lowest BCUT2D eigenvalue weighted by atomic mass is 10.2. The van der Waals surface area contributed by atoms with Gasteiger partial charge in [-0.15, -0.1) is 0 Å². The lowest BCUT2D eigenvalue weighted by Gasteiger charge is -1.98. The molecule has 1 aromatic carbocycles. The van der Waals surface area contributed by atoms with Gasteiger partial charge in [-0.1, -0.05) is 13.0 Å². The molecule has 1 aromatic rings. The Morgan fingerprint density at radius 2 is 2.30 bits per heavy atom. The first-order valence-corrected chi connectivity index (χ1v) is 3.41. The molecule has 0 amide bonds. The van der Waals surface area contributed by atoms with E-state index in [-0.39, 0.29) is 0 Å². The van der Waals surface area contributed by atoms with E-state index in [1.165, 1.54) is 5.56 Å². The fraction of sp³-hybridized carbons (Fsp3) is 0.333. The highest BCUT2D eigenvalue weighted by atomic mass is 16.5. The predicted molar refractivity (Wildman–Crippen MR) is 41.2 cm³/mol. The van der Waals surface area contributed by atoms with Crippen molar-refractivity contribution in [2.75, 3.05) is 7.11 Å². The molecule has 1 rings (SSSR count).